The molecule has 1 unspecified atom stereocenters. The molecule has 4 aliphatic heterocycles. The van der Waals surface area contributed by atoms with Crippen molar-refractivity contribution in [2.45, 2.75) is 204 Å². The van der Waals surface area contributed by atoms with Crippen LogP contribution in [0.15, 0.2) is 0 Å². The van der Waals surface area contributed by atoms with Crippen LogP contribution in [0, 0.1) is 29.1 Å². The number of alkyl halides is 3. The number of aliphatic hydroxyl groups excluding tert-OH is 1. The normalized spacial score (nSPS) is 49.3. The van der Waals surface area contributed by atoms with E-state index in [-0.39, 0.29) is 44.6 Å². The highest BCUT2D eigenvalue weighted by molar-refractivity contribution is 5.73. The fourth-order valence-corrected chi connectivity index (χ4v) is 9.62. The van der Waals surface area contributed by atoms with Gasteiger partial charge in [0.1, 0.15) is 35.1 Å². The van der Waals surface area contributed by atoms with Crippen LogP contribution in [0.3, 0.4) is 0 Å². The summed E-state index contributed by atoms with van der Waals surface area (Å²) in [6.45, 7) is 16.5. The van der Waals surface area contributed by atoms with Crippen molar-refractivity contribution in [3.05, 3.63) is 0 Å². The van der Waals surface area contributed by atoms with Crippen molar-refractivity contribution in [2.75, 3.05) is 20.7 Å². The Morgan fingerprint density at radius 2 is 1.66 bits per heavy atom. The topological polar surface area (TPSA) is 202 Å². The summed E-state index contributed by atoms with van der Waals surface area (Å²) in [6.07, 6.45) is -17.4. The molecule has 0 aliphatic carbocycles. The number of cyclic esters (lactones) is 1. The first-order valence-corrected chi connectivity index (χ1v) is 20.5. The SMILES string of the molecule is CC[C@H]1OC(=O)[C@H](C)[C@@H](O[C@H]2C[C@@](C)(OC)[C@](O)(CC#N)[C@H](C)O2)[C@H](C)[C@@H](O[C@@H]2O[C@H](C)C[C@H]3[C@H]2OC(C(F)(F)F)N3C)[C@](C)(O)C[C@@H](C)CN[C@H](C)[C@@H](O)[C@]1(C)O. The Morgan fingerprint density at radius 1 is 1.02 bits per heavy atom. The molecule has 0 amide bonds. The predicted molar refractivity (Wildman–Crippen MR) is 202 cm³/mol. The fourth-order valence-electron chi connectivity index (χ4n) is 9.62. The molecule has 58 heavy (non-hydrogen) atoms. The summed E-state index contributed by atoms with van der Waals surface area (Å²) >= 11 is 0. The van der Waals surface area contributed by atoms with E-state index in [1.165, 1.54) is 34.9 Å². The van der Waals surface area contributed by atoms with Gasteiger partial charge in [-0.3, -0.25) is 9.69 Å². The van der Waals surface area contributed by atoms with Crippen molar-refractivity contribution in [2.24, 2.45) is 17.8 Å². The number of nitrogens with one attached hydrogen (secondary N) is 1. The number of likely N-dealkylation sites (N-methyl/N-ethyl adjacent to an activating group) is 1. The molecule has 0 aromatic rings. The van der Waals surface area contributed by atoms with Crippen LogP contribution in [-0.4, -0.2) is 154 Å². The first-order chi connectivity index (χ1) is 26.7. The third-order valence-corrected chi connectivity index (χ3v) is 13.3. The summed E-state index contributed by atoms with van der Waals surface area (Å²) in [6, 6.07) is 0.563. The van der Waals surface area contributed by atoms with Gasteiger partial charge in [0.25, 0.3) is 0 Å². The number of rotatable bonds is 7. The van der Waals surface area contributed by atoms with Crippen LogP contribution in [0.1, 0.15) is 101 Å². The number of carbonyl (C=O) groups excluding carboxylic acids is 1. The Morgan fingerprint density at radius 3 is 2.22 bits per heavy atom. The number of nitriles is 1. The van der Waals surface area contributed by atoms with Gasteiger partial charge in [0.15, 0.2) is 12.6 Å². The molecule has 0 spiro atoms. The molecule has 15 nitrogen and oxygen atoms in total. The number of esters is 1. The average molecular weight is 840 g/mol. The number of carbonyl (C=O) groups is 1. The van der Waals surface area contributed by atoms with Gasteiger partial charge in [-0.25, -0.2) is 0 Å². The lowest BCUT2D eigenvalue weighted by molar-refractivity contribution is -0.336. The second-order valence-electron chi connectivity index (χ2n) is 18.1. The summed E-state index contributed by atoms with van der Waals surface area (Å²) in [5, 5.41) is 60.0. The lowest BCUT2D eigenvalue weighted by atomic mass is 9.73. The highest BCUT2D eigenvalue weighted by Crippen LogP contribution is 2.46. The van der Waals surface area contributed by atoms with E-state index in [0.717, 1.165) is 4.90 Å². The monoisotopic (exact) mass is 839 g/mol. The first kappa shape index (κ1) is 48.9. The second kappa shape index (κ2) is 18.3. The summed E-state index contributed by atoms with van der Waals surface area (Å²) in [5.74, 6) is -3.29. The third kappa shape index (κ3) is 9.81. The van der Waals surface area contributed by atoms with Crippen LogP contribution in [0.4, 0.5) is 13.2 Å². The molecule has 0 aromatic carbocycles. The molecule has 4 rings (SSSR count). The van der Waals surface area contributed by atoms with E-state index in [4.69, 9.17) is 33.2 Å². The zero-order valence-electron chi connectivity index (χ0n) is 36.0. The van der Waals surface area contributed by atoms with E-state index in [9.17, 15) is 43.7 Å². The van der Waals surface area contributed by atoms with Crippen LogP contribution in [-0.2, 0) is 38.0 Å². The quantitative estimate of drug-likeness (QED) is 0.234. The number of fused-ring (bicyclic) bond motifs is 1. The maximum Gasteiger partial charge on any atom is 0.428 e. The molecule has 0 radical (unpaired) electrons. The average Bonchev–Trinajstić information content (AvgIpc) is 3.47. The van der Waals surface area contributed by atoms with Gasteiger partial charge in [-0.1, -0.05) is 20.8 Å². The van der Waals surface area contributed by atoms with E-state index >= 15 is 0 Å². The molecule has 19 atom stereocenters. The van der Waals surface area contributed by atoms with Crippen molar-refractivity contribution in [1.82, 2.24) is 10.2 Å². The van der Waals surface area contributed by atoms with Crippen LogP contribution in [0.2, 0.25) is 0 Å². The van der Waals surface area contributed by atoms with Gasteiger partial charge in [0.2, 0.25) is 6.23 Å². The Bertz CT molecular complexity index is 1440. The highest BCUT2D eigenvalue weighted by Gasteiger charge is 2.60. The summed E-state index contributed by atoms with van der Waals surface area (Å²) in [4.78, 5) is 15.4. The number of hydrogen-bond acceptors (Lipinski definition) is 15. The largest absolute Gasteiger partial charge is 0.459 e. The number of halogens is 3. The lowest BCUT2D eigenvalue weighted by Crippen LogP contribution is -2.66. The molecule has 5 N–H and O–H groups in total. The Kier molecular flexibility index (Phi) is 15.5. The molecule has 0 bridgehead atoms. The Labute approximate surface area is 340 Å². The standard InChI is InChI=1S/C40H68F3N3O12/c1-13-27-38(10,50)31(47)24(6)45-19-20(2)17-36(8,49)32(58-34-30-26(16-21(3)53-34)46(11)35(57-30)40(41,42)43)22(4)29(23(5)33(48)55-27)56-28-18-37(9,52-12)39(51,14-15-44)25(7)54-28/h20-32,34-35,45,47,49-51H,13-14,16-19H2,1-12H3/t20-,21-,22+,23-,24-,25+,26+,27-,28+,29+,30-,31-,32-,34+,35?,36-,37-,38-,39+/m1/s1. The molecule has 0 saturated carbocycles. The van der Waals surface area contributed by atoms with Crippen LogP contribution in [0.25, 0.3) is 0 Å². The van der Waals surface area contributed by atoms with Gasteiger partial charge >= 0.3 is 12.1 Å². The van der Waals surface area contributed by atoms with Gasteiger partial charge < -0.3 is 58.9 Å². The van der Waals surface area contributed by atoms with Crippen molar-refractivity contribution < 1.29 is 71.5 Å². The number of nitrogens with zero attached hydrogens (tertiary/aromatic N) is 2. The predicted octanol–water partition coefficient (Wildman–Crippen LogP) is 3.14. The van der Waals surface area contributed by atoms with Crippen molar-refractivity contribution >= 4 is 5.97 Å². The van der Waals surface area contributed by atoms with Crippen LogP contribution >= 0.6 is 0 Å². The summed E-state index contributed by atoms with van der Waals surface area (Å²) < 4.78 is 85.6. The molecular weight excluding hydrogens is 771 g/mol. The molecule has 4 fully saturated rings. The van der Waals surface area contributed by atoms with Crippen LogP contribution < -0.4 is 5.32 Å². The van der Waals surface area contributed by atoms with Gasteiger partial charge in [-0.05, 0) is 87.2 Å². The van der Waals surface area contributed by atoms with Crippen molar-refractivity contribution in [3.8, 4) is 6.07 Å². The molecule has 4 aliphatic rings. The van der Waals surface area contributed by atoms with Gasteiger partial charge in [-0.2, -0.15) is 18.4 Å². The van der Waals surface area contributed by atoms with Gasteiger partial charge in [-0.15, -0.1) is 0 Å². The number of hydrogen-bond donors (Lipinski definition) is 5. The maximum atomic E-state index is 14.3. The van der Waals surface area contributed by atoms with Gasteiger partial charge in [0, 0.05) is 31.5 Å². The van der Waals surface area contributed by atoms with Crippen molar-refractivity contribution in [1.29, 1.82) is 5.26 Å². The molecule has 336 valence electrons. The van der Waals surface area contributed by atoms with Crippen LogP contribution in [0.5, 0.6) is 0 Å². The Hall–Kier alpha value is -1.73. The molecule has 0 aromatic heterocycles. The molecule has 4 heterocycles. The molecule has 18 heteroatoms. The zero-order valence-corrected chi connectivity index (χ0v) is 36.0. The van der Waals surface area contributed by atoms with E-state index in [1.807, 2.05) is 13.0 Å². The zero-order chi connectivity index (χ0) is 43.9. The van der Waals surface area contributed by atoms with Crippen molar-refractivity contribution in [3.63, 3.8) is 0 Å². The minimum absolute atomic E-state index is 0.0551. The van der Waals surface area contributed by atoms with E-state index in [0.29, 0.717) is 0 Å². The highest BCUT2D eigenvalue weighted by atomic mass is 19.4. The van der Waals surface area contributed by atoms with E-state index in [1.54, 1.807) is 41.5 Å². The minimum atomic E-state index is -4.71. The fraction of sp³-hybridized carbons (Fsp3) is 0.950. The first-order valence-electron chi connectivity index (χ1n) is 20.5. The summed E-state index contributed by atoms with van der Waals surface area (Å²) in [7, 11) is 2.72. The van der Waals surface area contributed by atoms with E-state index in [2.05, 4.69) is 5.32 Å². The minimum Gasteiger partial charge on any atom is -0.459 e. The van der Waals surface area contributed by atoms with E-state index < -0.39 is 120 Å². The summed E-state index contributed by atoms with van der Waals surface area (Å²) in [5.41, 5.74) is -6.79. The third-order valence-electron chi connectivity index (χ3n) is 13.3. The maximum absolute atomic E-state index is 14.3. The Balaban J connectivity index is 1.83. The van der Waals surface area contributed by atoms with Gasteiger partial charge in [0.05, 0.1) is 48.4 Å². The smallest absolute Gasteiger partial charge is 0.428 e. The second-order valence-corrected chi connectivity index (χ2v) is 18.1. The molecule has 4 saturated heterocycles. The molecular formula is C40H68F3N3O12. The number of methoxy groups -OCH3 is 1. The number of ether oxygens (including phenoxy) is 7. The number of aliphatic hydroxyl groups is 4. The lowest BCUT2D eigenvalue weighted by Gasteiger charge is -2.53.